The Bertz CT molecular complexity index is 749. The quantitative estimate of drug-likeness (QED) is 0.255. The van der Waals surface area contributed by atoms with E-state index in [9.17, 15) is 14.9 Å². The molecule has 0 aliphatic heterocycles. The minimum absolute atomic E-state index is 0.0598. The Labute approximate surface area is 162 Å². The molecule has 0 aliphatic rings. The topological polar surface area (TPSA) is 113 Å². The largest absolute Gasteiger partial charge is 0.497 e. The molecule has 1 aromatic carbocycles. The number of anilines is 1. The summed E-state index contributed by atoms with van der Waals surface area (Å²) in [5.41, 5.74) is -0.0598. The van der Waals surface area contributed by atoms with E-state index in [4.69, 9.17) is 14.2 Å². The van der Waals surface area contributed by atoms with Gasteiger partial charge in [-0.2, -0.15) is 0 Å². The number of aromatic nitrogens is 1. The predicted octanol–water partition coefficient (Wildman–Crippen LogP) is 3.20. The Morgan fingerprint density at radius 2 is 1.86 bits per heavy atom. The van der Waals surface area contributed by atoms with Crippen LogP contribution in [0.3, 0.4) is 0 Å². The number of nitrogens with one attached hydrogen (secondary N) is 1. The zero-order chi connectivity index (χ0) is 20.2. The molecule has 9 heteroatoms. The van der Waals surface area contributed by atoms with Gasteiger partial charge in [0, 0.05) is 19.0 Å². The minimum Gasteiger partial charge on any atom is -0.497 e. The summed E-state index contributed by atoms with van der Waals surface area (Å²) in [6.45, 7) is 1.26. The van der Waals surface area contributed by atoms with Gasteiger partial charge < -0.3 is 19.5 Å². The van der Waals surface area contributed by atoms with Gasteiger partial charge in [0.1, 0.15) is 23.5 Å². The zero-order valence-corrected chi connectivity index (χ0v) is 15.6. The van der Waals surface area contributed by atoms with Crippen LogP contribution < -0.4 is 14.8 Å². The maximum atomic E-state index is 11.7. The van der Waals surface area contributed by atoms with Gasteiger partial charge in [-0.3, -0.25) is 14.9 Å². The maximum Gasteiger partial charge on any atom is 0.305 e. The first kappa shape index (κ1) is 20.9. The summed E-state index contributed by atoms with van der Waals surface area (Å²) >= 11 is 0. The van der Waals surface area contributed by atoms with Crippen LogP contribution in [0.2, 0.25) is 0 Å². The highest BCUT2D eigenvalue weighted by Gasteiger charge is 2.05. The van der Waals surface area contributed by atoms with Crippen molar-refractivity contribution in [3.8, 4) is 11.5 Å². The molecule has 0 saturated carbocycles. The molecule has 1 aromatic heterocycles. The van der Waals surface area contributed by atoms with Crippen LogP contribution in [-0.4, -0.2) is 42.7 Å². The van der Waals surface area contributed by atoms with Gasteiger partial charge >= 0.3 is 5.97 Å². The molecular formula is C19H23N3O6. The van der Waals surface area contributed by atoms with Gasteiger partial charge in [-0.1, -0.05) is 0 Å². The summed E-state index contributed by atoms with van der Waals surface area (Å²) < 4.78 is 15.8. The number of ether oxygens (including phenoxy) is 3. The number of carbonyl (C=O) groups is 1. The zero-order valence-electron chi connectivity index (χ0n) is 15.6. The van der Waals surface area contributed by atoms with Gasteiger partial charge in [-0.25, -0.2) is 4.98 Å². The van der Waals surface area contributed by atoms with Crippen molar-refractivity contribution < 1.29 is 23.9 Å². The van der Waals surface area contributed by atoms with Crippen LogP contribution in [0.5, 0.6) is 11.5 Å². The van der Waals surface area contributed by atoms with Crippen molar-refractivity contribution in [2.24, 2.45) is 0 Å². The number of hydrogen-bond acceptors (Lipinski definition) is 8. The first-order valence-corrected chi connectivity index (χ1v) is 8.85. The molecule has 0 aliphatic carbocycles. The fraction of sp³-hybridized carbons (Fsp3) is 0.368. The second-order valence-electron chi connectivity index (χ2n) is 5.79. The summed E-state index contributed by atoms with van der Waals surface area (Å²) in [6.07, 6.45) is 2.65. The Balaban J connectivity index is 1.50. The Hall–Kier alpha value is -3.36. The standard InChI is InChI=1S/C19H23N3O6/c1-26-16-6-8-17(9-7-16)27-12-2-4-19(23)28-13-3-11-20-18-10-5-15(14-21-18)22(24)25/h5-10,14H,2-4,11-13H2,1H3,(H,20,21). The summed E-state index contributed by atoms with van der Waals surface area (Å²) in [5.74, 6) is 1.74. The van der Waals surface area contributed by atoms with Crippen LogP contribution in [0.4, 0.5) is 11.5 Å². The number of hydrogen-bond donors (Lipinski definition) is 1. The summed E-state index contributed by atoms with van der Waals surface area (Å²) in [4.78, 5) is 25.7. The number of nitro groups is 1. The summed E-state index contributed by atoms with van der Waals surface area (Å²) in [7, 11) is 1.60. The molecule has 2 aromatic rings. The molecule has 150 valence electrons. The van der Waals surface area contributed by atoms with E-state index in [1.54, 1.807) is 7.11 Å². The lowest BCUT2D eigenvalue weighted by Crippen LogP contribution is -2.11. The third kappa shape index (κ3) is 7.48. The molecule has 1 N–H and O–H groups in total. The van der Waals surface area contributed by atoms with E-state index >= 15 is 0 Å². The predicted molar refractivity (Wildman–Crippen MR) is 103 cm³/mol. The number of nitrogens with zero attached hydrogens (tertiary/aromatic N) is 2. The molecule has 28 heavy (non-hydrogen) atoms. The molecule has 0 bridgehead atoms. The molecule has 9 nitrogen and oxygen atoms in total. The minimum atomic E-state index is -0.502. The molecule has 0 radical (unpaired) electrons. The Morgan fingerprint density at radius 1 is 1.11 bits per heavy atom. The van der Waals surface area contributed by atoms with Crippen molar-refractivity contribution in [1.82, 2.24) is 4.98 Å². The van der Waals surface area contributed by atoms with Crippen molar-refractivity contribution in [3.05, 3.63) is 52.7 Å². The number of esters is 1. The molecule has 0 unspecified atom stereocenters. The second-order valence-corrected chi connectivity index (χ2v) is 5.79. The lowest BCUT2D eigenvalue weighted by atomic mass is 10.3. The third-order valence-electron chi connectivity index (χ3n) is 3.70. The molecule has 0 saturated heterocycles. The van der Waals surface area contributed by atoms with E-state index < -0.39 is 4.92 Å². The van der Waals surface area contributed by atoms with Crippen molar-refractivity contribution >= 4 is 17.5 Å². The monoisotopic (exact) mass is 389 g/mol. The third-order valence-corrected chi connectivity index (χ3v) is 3.70. The smallest absolute Gasteiger partial charge is 0.305 e. The first-order chi connectivity index (χ1) is 13.6. The molecule has 2 rings (SSSR count). The van der Waals surface area contributed by atoms with Gasteiger partial charge in [0.25, 0.3) is 5.69 Å². The average molecular weight is 389 g/mol. The molecule has 0 fully saturated rings. The summed E-state index contributed by atoms with van der Waals surface area (Å²) in [5, 5.41) is 13.6. The van der Waals surface area contributed by atoms with Crippen molar-refractivity contribution in [3.63, 3.8) is 0 Å². The van der Waals surface area contributed by atoms with E-state index in [2.05, 4.69) is 10.3 Å². The van der Waals surface area contributed by atoms with E-state index in [0.717, 1.165) is 11.5 Å². The van der Waals surface area contributed by atoms with Gasteiger partial charge in [-0.15, -0.1) is 0 Å². The number of benzene rings is 1. The van der Waals surface area contributed by atoms with Crippen LogP contribution in [0, 0.1) is 10.1 Å². The average Bonchev–Trinajstić information content (AvgIpc) is 2.71. The molecule has 0 atom stereocenters. The van der Waals surface area contributed by atoms with Gasteiger partial charge in [0.05, 0.1) is 25.2 Å². The summed E-state index contributed by atoms with van der Waals surface area (Å²) in [6, 6.07) is 10.2. The SMILES string of the molecule is COc1ccc(OCCCC(=O)OCCCNc2ccc([N+](=O)[O-])cn2)cc1. The van der Waals surface area contributed by atoms with E-state index in [-0.39, 0.29) is 24.7 Å². The van der Waals surface area contributed by atoms with E-state index in [1.807, 2.05) is 24.3 Å². The van der Waals surface area contributed by atoms with E-state index in [0.29, 0.717) is 31.8 Å². The number of rotatable bonds is 12. The van der Waals surface area contributed by atoms with Crippen molar-refractivity contribution in [2.45, 2.75) is 19.3 Å². The maximum absolute atomic E-state index is 11.7. The molecule has 0 amide bonds. The highest BCUT2D eigenvalue weighted by Crippen LogP contribution is 2.17. The molecular weight excluding hydrogens is 366 g/mol. The van der Waals surface area contributed by atoms with Crippen LogP contribution in [0.15, 0.2) is 42.6 Å². The lowest BCUT2D eigenvalue weighted by molar-refractivity contribution is -0.385. The Morgan fingerprint density at radius 3 is 2.50 bits per heavy atom. The molecule has 1 heterocycles. The molecule has 0 spiro atoms. The highest BCUT2D eigenvalue weighted by atomic mass is 16.6. The van der Waals surface area contributed by atoms with Crippen LogP contribution >= 0.6 is 0 Å². The van der Waals surface area contributed by atoms with Crippen LogP contribution in [0.25, 0.3) is 0 Å². The number of methoxy groups -OCH3 is 1. The van der Waals surface area contributed by atoms with Gasteiger partial charge in [-0.05, 0) is 43.2 Å². The van der Waals surface area contributed by atoms with Gasteiger partial charge in [0.2, 0.25) is 0 Å². The van der Waals surface area contributed by atoms with Crippen molar-refractivity contribution in [1.29, 1.82) is 0 Å². The van der Waals surface area contributed by atoms with Crippen LogP contribution in [-0.2, 0) is 9.53 Å². The first-order valence-electron chi connectivity index (χ1n) is 8.85. The van der Waals surface area contributed by atoms with Crippen molar-refractivity contribution in [2.75, 3.05) is 32.2 Å². The fourth-order valence-corrected chi connectivity index (χ4v) is 2.22. The normalized spacial score (nSPS) is 10.2. The van der Waals surface area contributed by atoms with Crippen LogP contribution in [0.1, 0.15) is 19.3 Å². The Kier molecular flexibility index (Phi) is 8.51. The second kappa shape index (κ2) is 11.4. The number of carbonyl (C=O) groups excluding carboxylic acids is 1. The number of pyridine rings is 1. The highest BCUT2D eigenvalue weighted by molar-refractivity contribution is 5.69. The van der Waals surface area contributed by atoms with E-state index in [1.165, 1.54) is 18.3 Å². The van der Waals surface area contributed by atoms with Gasteiger partial charge in [0.15, 0.2) is 0 Å². The lowest BCUT2D eigenvalue weighted by Gasteiger charge is -2.08. The fourth-order valence-electron chi connectivity index (χ4n) is 2.22.